The largest absolute Gasteiger partial charge is 0.505 e. The van der Waals surface area contributed by atoms with Gasteiger partial charge in [-0.05, 0) is 60.4 Å². The number of halogens is 1. The van der Waals surface area contributed by atoms with Gasteiger partial charge in [-0.1, -0.05) is 83.8 Å². The number of pyridine rings is 1. The third kappa shape index (κ3) is 6.09. The summed E-state index contributed by atoms with van der Waals surface area (Å²) >= 11 is 2.35. The van der Waals surface area contributed by atoms with Crippen molar-refractivity contribution in [2.24, 2.45) is 0 Å². The number of amides is 1. The zero-order valence-corrected chi connectivity index (χ0v) is 28.8. The number of nitrogens with zero attached hydrogens (tertiary/aromatic N) is 5. The zero-order chi connectivity index (χ0) is 34.9. The molecular formula is C37H30FN5O5S2. The molecular weight excluding hydrogens is 678 g/mol. The topological polar surface area (TPSA) is 119 Å². The molecule has 0 radical (unpaired) electrons. The van der Waals surface area contributed by atoms with Crippen LogP contribution in [0.4, 0.5) is 9.52 Å². The maximum atomic E-state index is 14.3. The van der Waals surface area contributed by atoms with E-state index >= 15 is 0 Å². The highest BCUT2D eigenvalue weighted by molar-refractivity contribution is 8.00. The molecule has 1 atom stereocenters. The van der Waals surface area contributed by atoms with E-state index in [1.807, 2.05) is 60.0 Å². The Labute approximate surface area is 294 Å². The summed E-state index contributed by atoms with van der Waals surface area (Å²) < 4.78 is 28.3. The Kier molecular flexibility index (Phi) is 9.08. The van der Waals surface area contributed by atoms with Gasteiger partial charge in [-0.3, -0.25) is 14.5 Å². The molecule has 4 heterocycles. The second-order valence-electron chi connectivity index (χ2n) is 11.5. The van der Waals surface area contributed by atoms with Crippen LogP contribution in [-0.2, 0) is 21.9 Å². The second kappa shape index (κ2) is 13.8. The van der Waals surface area contributed by atoms with Crippen molar-refractivity contribution in [3.8, 4) is 11.5 Å². The third-order valence-corrected chi connectivity index (χ3v) is 10.5. The molecule has 10 nitrogen and oxygen atoms in total. The summed E-state index contributed by atoms with van der Waals surface area (Å²) in [6, 6.07) is 23.8. The Morgan fingerprint density at radius 3 is 2.52 bits per heavy atom. The molecule has 3 aromatic heterocycles. The molecule has 3 aromatic carbocycles. The molecule has 1 amide bonds. The van der Waals surface area contributed by atoms with Crippen LogP contribution in [0.1, 0.15) is 39.7 Å². The number of fused-ring (bicyclic) bond motifs is 1. The van der Waals surface area contributed by atoms with Gasteiger partial charge in [0, 0.05) is 11.9 Å². The first-order chi connectivity index (χ1) is 24.2. The van der Waals surface area contributed by atoms with Crippen molar-refractivity contribution in [1.29, 1.82) is 0 Å². The monoisotopic (exact) mass is 707 g/mol. The molecule has 252 valence electrons. The van der Waals surface area contributed by atoms with Crippen molar-refractivity contribution in [2.75, 3.05) is 12.0 Å². The van der Waals surface area contributed by atoms with E-state index in [9.17, 15) is 19.1 Å². The van der Waals surface area contributed by atoms with E-state index in [1.54, 1.807) is 43.3 Å². The van der Waals surface area contributed by atoms with Gasteiger partial charge in [0.05, 0.1) is 24.4 Å². The molecule has 0 saturated carbocycles. The number of ketones is 1. The van der Waals surface area contributed by atoms with E-state index in [-0.39, 0.29) is 28.0 Å². The van der Waals surface area contributed by atoms with E-state index < -0.39 is 23.5 Å². The van der Waals surface area contributed by atoms with E-state index in [0.717, 1.165) is 22.5 Å². The van der Waals surface area contributed by atoms with E-state index in [2.05, 4.69) is 15.2 Å². The van der Waals surface area contributed by atoms with Gasteiger partial charge in [0.1, 0.15) is 23.8 Å². The molecule has 7 rings (SSSR count). The minimum Gasteiger partial charge on any atom is -0.505 e. The lowest BCUT2D eigenvalue weighted by atomic mass is 9.96. The van der Waals surface area contributed by atoms with Crippen molar-refractivity contribution in [3.05, 3.63) is 136 Å². The third-order valence-electron chi connectivity index (χ3n) is 8.40. The van der Waals surface area contributed by atoms with Crippen LogP contribution >= 0.6 is 23.1 Å². The molecule has 50 heavy (non-hydrogen) atoms. The number of methoxy groups -OCH3 is 1. The van der Waals surface area contributed by atoms with Crippen LogP contribution in [0.5, 0.6) is 11.5 Å². The Balaban J connectivity index is 1.31. The molecule has 6 aromatic rings. The minimum atomic E-state index is -1.12. The van der Waals surface area contributed by atoms with Gasteiger partial charge in [-0.15, -0.1) is 10.2 Å². The Morgan fingerprint density at radius 2 is 1.76 bits per heavy atom. The quantitative estimate of drug-likeness (QED) is 0.0509. The molecule has 1 N–H and O–H groups in total. The number of hydrogen-bond donors (Lipinski definition) is 1. The SMILES string of the molecule is COc1cc(C2/C(=C(\O)c3nc4c(C)cccn4c3C)C(=O)C(=O)N2c2nnc(SCc3ccccc3F)s2)ccc1OCc1ccccc1. The number of hydrogen-bond acceptors (Lipinski definition) is 10. The molecule has 1 unspecified atom stereocenters. The number of Topliss-reactive ketones (excluding diaryl/α,β-unsaturated/α-hetero) is 1. The fraction of sp³-hybridized carbons (Fsp3) is 0.162. The average molecular weight is 708 g/mol. The first kappa shape index (κ1) is 33.0. The zero-order valence-electron chi connectivity index (χ0n) is 27.2. The van der Waals surface area contributed by atoms with Gasteiger partial charge in [0.25, 0.3) is 5.78 Å². The van der Waals surface area contributed by atoms with E-state index in [0.29, 0.717) is 44.9 Å². The summed E-state index contributed by atoms with van der Waals surface area (Å²) in [5.41, 5.74) is 4.01. The van der Waals surface area contributed by atoms with Gasteiger partial charge in [0.15, 0.2) is 21.6 Å². The van der Waals surface area contributed by atoms with Gasteiger partial charge in [0.2, 0.25) is 5.13 Å². The smallest absolute Gasteiger partial charge is 0.301 e. The predicted octanol–water partition coefficient (Wildman–Crippen LogP) is 7.45. The average Bonchev–Trinajstić information content (AvgIpc) is 3.81. The standard InChI is InChI=1S/C37H30FN5O5S2/c1-21-10-9-17-42-22(2)30(39-34(21)42)32(44)29-31(24-15-16-27(28(18-24)47-3)48-19-23-11-5-4-6-12-23)43(35(46)33(29)45)36-40-41-37(50-36)49-20-25-13-7-8-14-26(25)38/h4-18,31,44H,19-20H2,1-3H3/b32-29+. The number of anilines is 1. The molecule has 1 fully saturated rings. The summed E-state index contributed by atoms with van der Waals surface area (Å²) in [5, 5.41) is 20.5. The highest BCUT2D eigenvalue weighted by Crippen LogP contribution is 2.46. The number of rotatable bonds is 10. The maximum Gasteiger partial charge on any atom is 0.301 e. The predicted molar refractivity (Wildman–Crippen MR) is 189 cm³/mol. The number of ether oxygens (including phenoxy) is 2. The number of aromatic nitrogens is 4. The summed E-state index contributed by atoms with van der Waals surface area (Å²) in [5.74, 6) is -1.44. The van der Waals surface area contributed by atoms with Gasteiger partial charge >= 0.3 is 5.91 Å². The Morgan fingerprint density at radius 1 is 0.980 bits per heavy atom. The van der Waals surface area contributed by atoms with E-state index in [1.165, 1.54) is 29.8 Å². The summed E-state index contributed by atoms with van der Waals surface area (Å²) in [6.45, 7) is 3.97. The van der Waals surface area contributed by atoms with Crippen LogP contribution in [0.15, 0.2) is 101 Å². The molecule has 0 spiro atoms. The van der Waals surface area contributed by atoms with Crippen molar-refractivity contribution in [1.82, 2.24) is 19.6 Å². The van der Waals surface area contributed by atoms with Crippen LogP contribution in [0.25, 0.3) is 11.4 Å². The van der Waals surface area contributed by atoms with Gasteiger partial charge < -0.3 is 19.0 Å². The fourth-order valence-corrected chi connectivity index (χ4v) is 7.70. The van der Waals surface area contributed by atoms with Crippen molar-refractivity contribution in [3.63, 3.8) is 0 Å². The normalized spacial score (nSPS) is 15.6. The number of aliphatic hydroxyl groups is 1. The lowest BCUT2D eigenvalue weighted by Crippen LogP contribution is -2.29. The van der Waals surface area contributed by atoms with Crippen LogP contribution in [0.2, 0.25) is 0 Å². The number of thioether (sulfide) groups is 1. The highest BCUT2D eigenvalue weighted by atomic mass is 32.2. The van der Waals surface area contributed by atoms with Gasteiger partial charge in [-0.2, -0.15) is 0 Å². The first-order valence-electron chi connectivity index (χ1n) is 15.5. The highest BCUT2D eigenvalue weighted by Gasteiger charge is 2.49. The number of benzene rings is 3. The molecule has 1 aliphatic rings. The lowest BCUT2D eigenvalue weighted by Gasteiger charge is -2.23. The molecule has 1 aliphatic heterocycles. The van der Waals surface area contributed by atoms with Gasteiger partial charge in [-0.25, -0.2) is 9.37 Å². The Bertz CT molecular complexity index is 2290. The van der Waals surface area contributed by atoms with Crippen molar-refractivity contribution in [2.45, 2.75) is 36.6 Å². The minimum absolute atomic E-state index is 0.137. The lowest BCUT2D eigenvalue weighted by molar-refractivity contribution is -0.132. The molecule has 13 heteroatoms. The summed E-state index contributed by atoms with van der Waals surface area (Å²) in [7, 11) is 1.50. The molecule has 0 bridgehead atoms. The van der Waals surface area contributed by atoms with Crippen LogP contribution in [-0.4, -0.2) is 43.5 Å². The maximum absolute atomic E-state index is 14.3. The van der Waals surface area contributed by atoms with Crippen LogP contribution < -0.4 is 14.4 Å². The van der Waals surface area contributed by atoms with Crippen molar-refractivity contribution < 1.29 is 28.6 Å². The molecule has 1 saturated heterocycles. The summed E-state index contributed by atoms with van der Waals surface area (Å²) in [6.07, 6.45) is 1.82. The first-order valence-corrected chi connectivity index (χ1v) is 17.4. The molecule has 0 aliphatic carbocycles. The van der Waals surface area contributed by atoms with Crippen molar-refractivity contribution >= 4 is 51.3 Å². The van der Waals surface area contributed by atoms with Crippen LogP contribution in [0, 0.1) is 19.7 Å². The van der Waals surface area contributed by atoms with E-state index in [4.69, 9.17) is 9.47 Å². The Hall–Kier alpha value is -5.53. The fourth-order valence-electron chi connectivity index (χ4n) is 5.84. The summed E-state index contributed by atoms with van der Waals surface area (Å²) in [4.78, 5) is 33.7. The number of imidazole rings is 1. The van der Waals surface area contributed by atoms with Crippen LogP contribution in [0.3, 0.4) is 0 Å². The number of carbonyl (C=O) groups excluding carboxylic acids is 2. The number of aryl methyl sites for hydroxylation is 2. The number of carbonyl (C=O) groups is 2. The second-order valence-corrected chi connectivity index (χ2v) is 13.7. The number of aliphatic hydroxyl groups excluding tert-OH is 1.